The van der Waals surface area contributed by atoms with Crippen LogP contribution in [0.2, 0.25) is 10.0 Å². The predicted molar refractivity (Wildman–Crippen MR) is 144 cm³/mol. The number of halogens is 6. The van der Waals surface area contributed by atoms with Gasteiger partial charge in [-0.2, -0.15) is 13.2 Å². The second-order valence-electron chi connectivity index (χ2n) is 9.02. The number of nitrogens with zero attached hydrogens (tertiary/aromatic N) is 3. The molecule has 7 nitrogen and oxygen atoms in total. The van der Waals surface area contributed by atoms with Crippen molar-refractivity contribution in [3.05, 3.63) is 91.6 Å². The van der Waals surface area contributed by atoms with Crippen molar-refractivity contribution in [1.82, 2.24) is 15.4 Å². The van der Waals surface area contributed by atoms with Crippen LogP contribution in [0.5, 0.6) is 0 Å². The van der Waals surface area contributed by atoms with E-state index in [0.29, 0.717) is 15.6 Å². The van der Waals surface area contributed by atoms with Gasteiger partial charge in [-0.05, 0) is 70.4 Å². The molecule has 0 aliphatic carbocycles. The summed E-state index contributed by atoms with van der Waals surface area (Å²) in [6.07, 6.45) is -1.17. The minimum atomic E-state index is -4.87. The number of aromatic nitrogens is 2. The molecule has 0 radical (unpaired) electrons. The van der Waals surface area contributed by atoms with Gasteiger partial charge in [0.05, 0.1) is 10.2 Å². The number of hydrogen-bond donors (Lipinski definition) is 1. The van der Waals surface area contributed by atoms with Crippen LogP contribution in [0.4, 0.5) is 19.1 Å². The first kappa shape index (κ1) is 29.0. The molecule has 4 rings (SSSR count). The number of amides is 2. The molecule has 39 heavy (non-hydrogen) atoms. The van der Waals surface area contributed by atoms with Gasteiger partial charge in [-0.15, -0.1) is 0 Å². The highest BCUT2D eigenvalue weighted by Gasteiger charge is 2.59. The van der Waals surface area contributed by atoms with E-state index < -0.39 is 29.5 Å². The Morgan fingerprint density at radius 3 is 2.23 bits per heavy atom. The molecule has 0 saturated carbocycles. The molecule has 2 heterocycles. The topological polar surface area (TPSA) is 84.4 Å². The summed E-state index contributed by atoms with van der Waals surface area (Å²) in [5.41, 5.74) is 0.0397. The minimum absolute atomic E-state index is 0.0110. The van der Waals surface area contributed by atoms with Crippen LogP contribution in [-0.4, -0.2) is 28.0 Å². The Labute approximate surface area is 240 Å². The molecule has 0 saturated heterocycles. The zero-order chi connectivity index (χ0) is 28.7. The van der Waals surface area contributed by atoms with Crippen LogP contribution in [0.3, 0.4) is 0 Å². The highest BCUT2D eigenvalue weighted by molar-refractivity contribution is 9.10. The summed E-state index contributed by atoms with van der Waals surface area (Å²) in [4.78, 5) is 40.6. The summed E-state index contributed by atoms with van der Waals surface area (Å²) in [7, 11) is 0. The number of nitrogens with one attached hydrogen (secondary N) is 1. The predicted octanol–water partition coefficient (Wildman–Crippen LogP) is 7.02. The van der Waals surface area contributed by atoms with Crippen LogP contribution < -0.4 is 10.4 Å². The first-order valence-electron chi connectivity index (χ1n) is 11.4. The van der Waals surface area contributed by atoms with Crippen molar-refractivity contribution in [2.24, 2.45) is 5.92 Å². The zero-order valence-corrected chi connectivity index (χ0v) is 23.7. The fourth-order valence-electron chi connectivity index (χ4n) is 3.91. The lowest BCUT2D eigenvalue weighted by Gasteiger charge is -2.28. The van der Waals surface area contributed by atoms with Gasteiger partial charge in [-0.3, -0.25) is 19.9 Å². The average Bonchev–Trinajstić information content (AvgIpc) is 3.32. The molecule has 13 heteroatoms. The number of rotatable bonds is 5. The number of anilines is 1. The molecule has 1 atom stereocenters. The fraction of sp³-hybridized carbons (Fsp3) is 0.231. The molecular formula is C26H20BrCl2F3N4O3. The molecule has 3 aromatic rings. The standard InChI is InChI=1S/C26H20BrCl2F3N4O3/c1-13(2)22(37)36(24-33-11-17(27)12-34-24)23(38)20-5-4-15(6-14(20)3)21-10-25(39-35-21,26(30,31)32)16-7-18(28)9-19(29)8-16/h4-13,35H,1-3H3. The van der Waals surface area contributed by atoms with Gasteiger partial charge in [0.25, 0.3) is 5.91 Å². The second-order valence-corrected chi connectivity index (χ2v) is 10.8. The number of hydrogen-bond acceptors (Lipinski definition) is 6. The van der Waals surface area contributed by atoms with Crippen molar-refractivity contribution >= 4 is 62.6 Å². The molecule has 2 amide bonds. The molecule has 0 spiro atoms. The van der Waals surface area contributed by atoms with E-state index in [-0.39, 0.29) is 32.8 Å². The van der Waals surface area contributed by atoms with Crippen LogP contribution in [0.1, 0.15) is 40.9 Å². The lowest BCUT2D eigenvalue weighted by atomic mass is 9.91. The third kappa shape index (κ3) is 5.67. The smallest absolute Gasteiger partial charge is 0.274 e. The van der Waals surface area contributed by atoms with Crippen molar-refractivity contribution in [1.29, 1.82) is 0 Å². The number of hydroxylamine groups is 1. The van der Waals surface area contributed by atoms with Gasteiger partial charge in [-0.1, -0.05) is 43.1 Å². The quantitative estimate of drug-likeness (QED) is 0.322. The largest absolute Gasteiger partial charge is 0.428 e. The maximum atomic E-state index is 14.3. The molecule has 0 fully saturated rings. The summed E-state index contributed by atoms with van der Waals surface area (Å²) in [6.45, 7) is 4.87. The molecule has 1 N–H and O–H groups in total. The summed E-state index contributed by atoms with van der Waals surface area (Å²) in [5, 5.41) is 0.0288. The van der Waals surface area contributed by atoms with Crippen molar-refractivity contribution in [2.45, 2.75) is 32.5 Å². The summed E-state index contributed by atoms with van der Waals surface area (Å²) >= 11 is 15.1. The van der Waals surface area contributed by atoms with Crippen molar-refractivity contribution in [3.8, 4) is 0 Å². The van der Waals surface area contributed by atoms with Crippen molar-refractivity contribution in [3.63, 3.8) is 0 Å². The zero-order valence-electron chi connectivity index (χ0n) is 20.6. The summed E-state index contributed by atoms with van der Waals surface area (Å²) in [5.74, 6) is -1.84. The number of carbonyl (C=O) groups excluding carboxylic acids is 2. The summed E-state index contributed by atoms with van der Waals surface area (Å²) < 4.78 is 43.5. The van der Waals surface area contributed by atoms with Crippen molar-refractivity contribution < 1.29 is 27.6 Å². The molecular weight excluding hydrogens is 624 g/mol. The second kappa shape index (κ2) is 10.9. The van der Waals surface area contributed by atoms with Gasteiger partial charge in [-0.25, -0.2) is 14.9 Å². The number of alkyl halides is 3. The first-order valence-corrected chi connectivity index (χ1v) is 13.0. The van der Waals surface area contributed by atoms with Gasteiger partial charge >= 0.3 is 6.18 Å². The number of carbonyl (C=O) groups is 2. The van der Waals surface area contributed by atoms with E-state index in [1.165, 1.54) is 36.7 Å². The lowest BCUT2D eigenvalue weighted by Crippen LogP contribution is -2.42. The summed E-state index contributed by atoms with van der Waals surface area (Å²) in [6, 6.07) is 7.93. The Morgan fingerprint density at radius 2 is 1.69 bits per heavy atom. The molecule has 0 bridgehead atoms. The Morgan fingerprint density at radius 1 is 1.08 bits per heavy atom. The maximum absolute atomic E-state index is 14.3. The number of imide groups is 1. The van der Waals surface area contributed by atoms with Crippen LogP contribution in [0, 0.1) is 12.8 Å². The average molecular weight is 644 g/mol. The van der Waals surface area contributed by atoms with E-state index >= 15 is 0 Å². The van der Waals surface area contributed by atoms with E-state index in [1.807, 2.05) is 0 Å². The van der Waals surface area contributed by atoms with Crippen LogP contribution >= 0.6 is 39.1 Å². The van der Waals surface area contributed by atoms with Crippen LogP contribution in [0.15, 0.2) is 59.3 Å². The number of aryl methyl sites for hydroxylation is 1. The molecule has 204 valence electrons. The van der Waals surface area contributed by atoms with Crippen LogP contribution in [0.25, 0.3) is 5.70 Å². The van der Waals surface area contributed by atoms with E-state index in [9.17, 15) is 22.8 Å². The SMILES string of the molecule is Cc1cc(C2=CC(c3cc(Cl)cc(Cl)c3)(C(F)(F)F)ON2)ccc1C(=O)N(C(=O)C(C)C)c1ncc(Br)cn1. The van der Waals surface area contributed by atoms with E-state index in [1.54, 1.807) is 20.8 Å². The highest BCUT2D eigenvalue weighted by atomic mass is 79.9. The maximum Gasteiger partial charge on any atom is 0.428 e. The molecule has 2 aromatic carbocycles. The van der Waals surface area contributed by atoms with Gasteiger partial charge in [0.2, 0.25) is 17.5 Å². The first-order chi connectivity index (χ1) is 18.2. The molecule has 1 aliphatic heterocycles. The Bertz CT molecular complexity index is 1460. The van der Waals surface area contributed by atoms with Gasteiger partial charge in [0, 0.05) is 39.5 Å². The monoisotopic (exact) mass is 642 g/mol. The third-order valence-electron chi connectivity index (χ3n) is 5.87. The van der Waals surface area contributed by atoms with Crippen LogP contribution in [-0.2, 0) is 15.2 Å². The van der Waals surface area contributed by atoms with E-state index in [0.717, 1.165) is 23.1 Å². The van der Waals surface area contributed by atoms with Gasteiger partial charge in [0.15, 0.2) is 0 Å². The molecule has 1 aromatic heterocycles. The highest BCUT2D eigenvalue weighted by Crippen LogP contribution is 2.48. The Hall–Kier alpha value is -2.99. The third-order valence-corrected chi connectivity index (χ3v) is 6.72. The van der Waals surface area contributed by atoms with E-state index in [4.69, 9.17) is 28.0 Å². The molecule has 1 unspecified atom stereocenters. The Balaban J connectivity index is 1.73. The minimum Gasteiger partial charge on any atom is -0.274 e. The molecule has 1 aliphatic rings. The van der Waals surface area contributed by atoms with Gasteiger partial charge in [0.1, 0.15) is 0 Å². The Kier molecular flexibility index (Phi) is 8.09. The lowest BCUT2D eigenvalue weighted by molar-refractivity contribution is -0.269. The van der Waals surface area contributed by atoms with Crippen molar-refractivity contribution in [2.75, 3.05) is 4.90 Å². The van der Waals surface area contributed by atoms with Gasteiger partial charge < -0.3 is 0 Å². The fourth-order valence-corrected chi connectivity index (χ4v) is 4.64. The van der Waals surface area contributed by atoms with E-state index in [2.05, 4.69) is 31.4 Å². The number of benzene rings is 2. The normalized spacial score (nSPS) is 17.1.